The first-order valence-corrected chi connectivity index (χ1v) is 12.2. The minimum absolute atomic E-state index is 0.0583. The minimum atomic E-state index is -0.804. The second-order valence-corrected chi connectivity index (χ2v) is 9.14. The third kappa shape index (κ3) is 7.52. The van der Waals surface area contributed by atoms with Gasteiger partial charge in [0.2, 0.25) is 11.8 Å². The first-order valence-electron chi connectivity index (χ1n) is 12.2. The first kappa shape index (κ1) is 27.3. The molecule has 1 aromatic rings. The van der Waals surface area contributed by atoms with E-state index in [0.717, 1.165) is 37.7 Å². The van der Waals surface area contributed by atoms with Gasteiger partial charge in [-0.1, -0.05) is 57.0 Å². The Hall–Kier alpha value is -1.96. The van der Waals surface area contributed by atoms with E-state index in [2.05, 4.69) is 12.2 Å². The summed E-state index contributed by atoms with van der Waals surface area (Å²) in [6, 6.07) is 8.67. The molecule has 2 rings (SSSR count). The Bertz CT molecular complexity index is 729. The van der Waals surface area contributed by atoms with Crippen LogP contribution in [0.15, 0.2) is 30.3 Å². The number of carbonyl (C=O) groups is 2. The number of hydrogen-bond acceptors (Lipinski definition) is 5. The average Bonchev–Trinajstić information content (AvgIpc) is 3.31. The van der Waals surface area contributed by atoms with Gasteiger partial charge in [-0.15, -0.1) is 0 Å². The SMILES string of the molecule is CCCC[C@@H](CC(=O)N1CCC[C@H]1[C@H](OC)[C@@H](C)C(=O)N[C@H](C)[C@@H](O)c1ccccc1)OC. The summed E-state index contributed by atoms with van der Waals surface area (Å²) < 4.78 is 11.3. The number of aliphatic hydroxyl groups is 1. The number of hydrogen-bond donors (Lipinski definition) is 2. The topological polar surface area (TPSA) is 88.1 Å². The molecule has 1 saturated heterocycles. The van der Waals surface area contributed by atoms with E-state index in [9.17, 15) is 14.7 Å². The average molecular weight is 463 g/mol. The fourth-order valence-electron chi connectivity index (χ4n) is 4.71. The highest BCUT2D eigenvalue weighted by atomic mass is 16.5. The number of nitrogens with zero attached hydrogens (tertiary/aromatic N) is 1. The van der Waals surface area contributed by atoms with Gasteiger partial charge in [0.25, 0.3) is 0 Å². The van der Waals surface area contributed by atoms with Crippen LogP contribution in [0.2, 0.25) is 0 Å². The van der Waals surface area contributed by atoms with Gasteiger partial charge in [-0.25, -0.2) is 0 Å². The highest BCUT2D eigenvalue weighted by Gasteiger charge is 2.40. The molecule has 1 aliphatic heterocycles. The van der Waals surface area contributed by atoms with Gasteiger partial charge in [-0.05, 0) is 31.7 Å². The van der Waals surface area contributed by atoms with E-state index < -0.39 is 24.2 Å². The molecule has 0 radical (unpaired) electrons. The van der Waals surface area contributed by atoms with E-state index >= 15 is 0 Å². The molecule has 7 nitrogen and oxygen atoms in total. The monoisotopic (exact) mass is 462 g/mol. The van der Waals surface area contributed by atoms with Crippen molar-refractivity contribution in [1.29, 1.82) is 0 Å². The largest absolute Gasteiger partial charge is 0.386 e. The van der Waals surface area contributed by atoms with Gasteiger partial charge in [0.05, 0.1) is 42.7 Å². The van der Waals surface area contributed by atoms with Crippen molar-refractivity contribution in [3.05, 3.63) is 35.9 Å². The standard InChI is InChI=1S/C26H42N2O5/c1-6-7-14-21(32-4)17-23(29)28-16-11-15-22(28)25(33-5)18(2)26(31)27-19(3)24(30)20-12-9-8-10-13-20/h8-10,12-13,18-19,21-22,24-25,30H,6-7,11,14-17H2,1-5H3,(H,27,31)/t18-,19-,21+,22+,24-,25-/m1/s1. The van der Waals surface area contributed by atoms with Gasteiger partial charge in [-0.2, -0.15) is 0 Å². The Labute approximate surface area is 198 Å². The first-order chi connectivity index (χ1) is 15.8. The van der Waals surface area contributed by atoms with Crippen molar-refractivity contribution in [1.82, 2.24) is 10.2 Å². The molecular weight excluding hydrogens is 420 g/mol. The number of ether oxygens (including phenoxy) is 2. The van der Waals surface area contributed by atoms with Crippen molar-refractivity contribution in [2.75, 3.05) is 20.8 Å². The lowest BCUT2D eigenvalue weighted by atomic mass is 9.93. The van der Waals surface area contributed by atoms with Crippen molar-refractivity contribution in [2.45, 2.75) is 89.7 Å². The predicted octanol–water partition coefficient (Wildman–Crippen LogP) is 3.46. The zero-order valence-corrected chi connectivity index (χ0v) is 20.8. The molecule has 0 saturated carbocycles. The molecule has 2 amide bonds. The molecule has 0 bridgehead atoms. The number of aliphatic hydroxyl groups excluding tert-OH is 1. The van der Waals surface area contributed by atoms with E-state index in [0.29, 0.717) is 13.0 Å². The van der Waals surface area contributed by atoms with Gasteiger partial charge in [0.1, 0.15) is 0 Å². The number of rotatable bonds is 13. The van der Waals surface area contributed by atoms with Crippen molar-refractivity contribution in [3.63, 3.8) is 0 Å². The number of likely N-dealkylation sites (tertiary alicyclic amines) is 1. The molecule has 0 aliphatic carbocycles. The summed E-state index contributed by atoms with van der Waals surface area (Å²) in [4.78, 5) is 28.0. The van der Waals surface area contributed by atoms with Crippen LogP contribution in [0.1, 0.15) is 71.0 Å². The summed E-state index contributed by atoms with van der Waals surface area (Å²) in [5.74, 6) is -0.610. The molecule has 1 aromatic carbocycles. The molecule has 1 aliphatic rings. The molecule has 186 valence electrons. The van der Waals surface area contributed by atoms with Gasteiger partial charge >= 0.3 is 0 Å². The maximum absolute atomic E-state index is 13.1. The van der Waals surface area contributed by atoms with Gasteiger partial charge in [0.15, 0.2) is 0 Å². The van der Waals surface area contributed by atoms with E-state index in [1.807, 2.05) is 42.2 Å². The second kappa shape index (κ2) is 13.7. The van der Waals surface area contributed by atoms with Crippen molar-refractivity contribution in [2.24, 2.45) is 5.92 Å². The Morgan fingerprint density at radius 3 is 2.48 bits per heavy atom. The van der Waals surface area contributed by atoms with Gasteiger partial charge in [-0.3, -0.25) is 9.59 Å². The molecule has 0 spiro atoms. The summed E-state index contributed by atoms with van der Waals surface area (Å²) in [6.07, 6.45) is 3.69. The van der Waals surface area contributed by atoms with Crippen molar-refractivity contribution in [3.8, 4) is 0 Å². The Morgan fingerprint density at radius 1 is 1.18 bits per heavy atom. The maximum Gasteiger partial charge on any atom is 0.225 e. The molecule has 2 N–H and O–H groups in total. The van der Waals surface area contributed by atoms with Crippen LogP contribution < -0.4 is 5.32 Å². The lowest BCUT2D eigenvalue weighted by molar-refractivity contribution is -0.142. The highest BCUT2D eigenvalue weighted by molar-refractivity contribution is 5.80. The minimum Gasteiger partial charge on any atom is -0.386 e. The fraction of sp³-hybridized carbons (Fsp3) is 0.692. The smallest absolute Gasteiger partial charge is 0.225 e. The summed E-state index contributed by atoms with van der Waals surface area (Å²) in [5, 5.41) is 13.5. The molecule has 0 unspecified atom stereocenters. The van der Waals surface area contributed by atoms with Crippen LogP contribution in [-0.4, -0.2) is 66.9 Å². The summed E-state index contributed by atoms with van der Waals surface area (Å²) >= 11 is 0. The number of carbonyl (C=O) groups excluding carboxylic acids is 2. The van der Waals surface area contributed by atoms with Crippen LogP contribution in [0.4, 0.5) is 0 Å². The molecule has 0 aromatic heterocycles. The number of unbranched alkanes of at least 4 members (excludes halogenated alkanes) is 1. The third-order valence-corrected chi connectivity index (χ3v) is 6.78. The molecule has 1 fully saturated rings. The van der Waals surface area contributed by atoms with Crippen LogP contribution in [0, 0.1) is 5.92 Å². The lowest BCUT2D eigenvalue weighted by Crippen LogP contribution is -2.51. The summed E-state index contributed by atoms with van der Waals surface area (Å²) in [6.45, 7) is 6.41. The molecule has 1 heterocycles. The number of amides is 2. The Morgan fingerprint density at radius 2 is 1.88 bits per heavy atom. The Kier molecular flexibility index (Phi) is 11.3. The number of methoxy groups -OCH3 is 2. The number of nitrogens with one attached hydrogen (secondary N) is 1. The zero-order chi connectivity index (χ0) is 24.4. The summed E-state index contributed by atoms with van der Waals surface area (Å²) in [7, 11) is 3.25. The van der Waals surface area contributed by atoms with Crippen LogP contribution in [-0.2, 0) is 19.1 Å². The zero-order valence-electron chi connectivity index (χ0n) is 20.8. The Balaban J connectivity index is 2.01. The van der Waals surface area contributed by atoms with E-state index in [1.54, 1.807) is 21.1 Å². The van der Waals surface area contributed by atoms with Crippen molar-refractivity contribution < 1.29 is 24.2 Å². The van der Waals surface area contributed by atoms with Gasteiger partial charge in [0, 0.05) is 20.8 Å². The predicted molar refractivity (Wildman–Crippen MR) is 129 cm³/mol. The molecular formula is C26H42N2O5. The van der Waals surface area contributed by atoms with E-state index in [1.165, 1.54) is 0 Å². The fourth-order valence-corrected chi connectivity index (χ4v) is 4.71. The van der Waals surface area contributed by atoms with Crippen LogP contribution in [0.3, 0.4) is 0 Å². The quantitative estimate of drug-likeness (QED) is 0.469. The van der Waals surface area contributed by atoms with Crippen molar-refractivity contribution >= 4 is 11.8 Å². The van der Waals surface area contributed by atoms with Crippen LogP contribution in [0.5, 0.6) is 0 Å². The molecule has 6 atom stereocenters. The summed E-state index contributed by atoms with van der Waals surface area (Å²) in [5.41, 5.74) is 0.754. The molecule has 33 heavy (non-hydrogen) atoms. The highest BCUT2D eigenvalue weighted by Crippen LogP contribution is 2.28. The van der Waals surface area contributed by atoms with E-state index in [-0.39, 0.29) is 24.0 Å². The molecule has 7 heteroatoms. The normalized spacial score (nSPS) is 20.7. The van der Waals surface area contributed by atoms with Crippen LogP contribution >= 0.6 is 0 Å². The van der Waals surface area contributed by atoms with Crippen LogP contribution in [0.25, 0.3) is 0 Å². The second-order valence-electron chi connectivity index (χ2n) is 9.14. The maximum atomic E-state index is 13.1. The lowest BCUT2D eigenvalue weighted by Gasteiger charge is -2.35. The number of benzene rings is 1. The van der Waals surface area contributed by atoms with Gasteiger partial charge < -0.3 is 24.8 Å². The third-order valence-electron chi connectivity index (χ3n) is 6.78. The van der Waals surface area contributed by atoms with E-state index in [4.69, 9.17) is 9.47 Å².